The lowest BCUT2D eigenvalue weighted by Gasteiger charge is -2.12. The Hall–Kier alpha value is -1.93. The highest BCUT2D eigenvalue weighted by molar-refractivity contribution is 6.42. The Morgan fingerprint density at radius 1 is 1.27 bits per heavy atom. The van der Waals surface area contributed by atoms with Crippen LogP contribution in [0.25, 0.3) is 0 Å². The number of hydrogen-bond donors (Lipinski definition) is 2. The smallest absolute Gasteiger partial charge is 0.434 e. The lowest BCUT2D eigenvalue weighted by molar-refractivity contribution is -0.142. The Kier molecular flexibility index (Phi) is 4.52. The average molecular weight is 354 g/mol. The number of nitrogens with zero attached hydrogens (tertiary/aromatic N) is 1. The molecule has 3 N–H and O–H groups in total. The van der Waals surface area contributed by atoms with Crippen molar-refractivity contribution < 1.29 is 17.9 Å². The molecule has 2 rings (SSSR count). The average Bonchev–Trinajstić information content (AvgIpc) is 2.40. The molecule has 1 aromatic heterocycles. The van der Waals surface area contributed by atoms with E-state index in [0.29, 0.717) is 0 Å². The zero-order chi connectivity index (χ0) is 16.5. The molecule has 5 nitrogen and oxygen atoms in total. The molecule has 22 heavy (non-hydrogen) atoms. The summed E-state index contributed by atoms with van der Waals surface area (Å²) in [4.78, 5) is 16.8. The van der Waals surface area contributed by atoms with Gasteiger partial charge in [-0.3, -0.25) is 9.78 Å². The highest BCUT2D eigenvalue weighted by atomic mass is 35.5. The van der Waals surface area contributed by atoms with Gasteiger partial charge in [0.1, 0.15) is 12.4 Å². The van der Waals surface area contributed by atoms with Crippen molar-refractivity contribution in [2.24, 2.45) is 0 Å². The summed E-state index contributed by atoms with van der Waals surface area (Å²) >= 11 is 11.5. The van der Waals surface area contributed by atoms with E-state index in [-0.39, 0.29) is 15.8 Å². The third-order valence-electron chi connectivity index (χ3n) is 2.58. The van der Waals surface area contributed by atoms with Crippen LogP contribution in [0.4, 0.5) is 19.1 Å². The topological polar surface area (TPSA) is 81.0 Å². The maximum atomic E-state index is 12.9. The molecule has 0 amide bonds. The van der Waals surface area contributed by atoms with E-state index in [1.54, 1.807) is 0 Å². The zero-order valence-corrected chi connectivity index (χ0v) is 12.2. The number of nitrogens with two attached hydrogens (primary N) is 1. The molecule has 0 spiro atoms. The summed E-state index contributed by atoms with van der Waals surface area (Å²) in [7, 11) is 0. The van der Waals surface area contributed by atoms with Gasteiger partial charge >= 0.3 is 6.18 Å². The summed E-state index contributed by atoms with van der Waals surface area (Å²) in [5, 5.41) is 0.427. The first kappa shape index (κ1) is 16.4. The quantitative estimate of drug-likeness (QED) is 0.887. The Morgan fingerprint density at radius 2 is 1.95 bits per heavy atom. The van der Waals surface area contributed by atoms with Crippen LogP contribution in [-0.4, -0.2) is 9.97 Å². The third-order valence-corrected chi connectivity index (χ3v) is 3.32. The molecule has 0 radical (unpaired) electrons. The number of anilines is 1. The first-order valence-electron chi connectivity index (χ1n) is 5.72. The summed E-state index contributed by atoms with van der Waals surface area (Å²) in [5.41, 5.74) is 2.02. The monoisotopic (exact) mass is 353 g/mol. The van der Waals surface area contributed by atoms with E-state index in [9.17, 15) is 18.0 Å². The van der Waals surface area contributed by atoms with E-state index in [2.05, 4.69) is 4.98 Å². The Balaban J connectivity index is 2.33. The SMILES string of the molecule is Nc1nc(C(F)(F)F)c(COc2ccc(Cl)c(Cl)c2)c(=O)[nH]1. The second-order valence-electron chi connectivity index (χ2n) is 4.14. The Bertz CT molecular complexity index is 762. The van der Waals surface area contributed by atoms with Gasteiger partial charge in [-0.25, -0.2) is 4.98 Å². The van der Waals surface area contributed by atoms with Crippen molar-refractivity contribution in [3.8, 4) is 5.75 Å². The second-order valence-corrected chi connectivity index (χ2v) is 4.96. The van der Waals surface area contributed by atoms with Crippen molar-refractivity contribution in [3.05, 3.63) is 49.9 Å². The van der Waals surface area contributed by atoms with Gasteiger partial charge in [0.25, 0.3) is 5.56 Å². The molecule has 0 aliphatic heterocycles. The fraction of sp³-hybridized carbons (Fsp3) is 0.167. The van der Waals surface area contributed by atoms with Gasteiger partial charge in [-0.05, 0) is 12.1 Å². The van der Waals surface area contributed by atoms with Crippen LogP contribution in [0.1, 0.15) is 11.3 Å². The number of nitrogen functional groups attached to an aromatic ring is 1. The molecule has 10 heteroatoms. The van der Waals surface area contributed by atoms with Crippen molar-refractivity contribution in [1.82, 2.24) is 9.97 Å². The van der Waals surface area contributed by atoms with Gasteiger partial charge in [0.15, 0.2) is 5.69 Å². The number of hydrogen-bond acceptors (Lipinski definition) is 4. The third kappa shape index (κ3) is 3.63. The number of H-pyrrole nitrogens is 1. The molecule has 2 aromatic rings. The summed E-state index contributed by atoms with van der Waals surface area (Å²) in [6.45, 7) is -0.657. The molecule has 0 atom stereocenters. The van der Waals surface area contributed by atoms with Gasteiger partial charge in [0.05, 0.1) is 15.6 Å². The molecule has 0 aliphatic rings. The van der Waals surface area contributed by atoms with Crippen molar-refractivity contribution in [3.63, 3.8) is 0 Å². The molecule has 0 bridgehead atoms. The van der Waals surface area contributed by atoms with Gasteiger partial charge < -0.3 is 10.5 Å². The highest BCUT2D eigenvalue weighted by Crippen LogP contribution is 2.30. The molecule has 1 heterocycles. The van der Waals surface area contributed by atoms with Gasteiger partial charge in [-0.1, -0.05) is 23.2 Å². The van der Waals surface area contributed by atoms with Crippen LogP contribution in [0.3, 0.4) is 0 Å². The lowest BCUT2D eigenvalue weighted by atomic mass is 10.2. The molecule has 0 saturated heterocycles. The molecule has 1 aromatic carbocycles. The van der Waals surface area contributed by atoms with E-state index in [4.69, 9.17) is 33.7 Å². The van der Waals surface area contributed by atoms with Crippen LogP contribution < -0.4 is 16.0 Å². The van der Waals surface area contributed by atoms with Gasteiger partial charge in [-0.15, -0.1) is 0 Å². The number of nitrogens with one attached hydrogen (secondary N) is 1. The molecule has 0 saturated carbocycles. The molecular weight excluding hydrogens is 346 g/mol. The first-order valence-corrected chi connectivity index (χ1v) is 6.48. The van der Waals surface area contributed by atoms with E-state index >= 15 is 0 Å². The van der Waals surface area contributed by atoms with E-state index in [1.807, 2.05) is 4.98 Å². The molecule has 0 unspecified atom stereocenters. The van der Waals surface area contributed by atoms with Crippen molar-refractivity contribution in [2.45, 2.75) is 12.8 Å². The van der Waals surface area contributed by atoms with Crippen LogP contribution in [0.5, 0.6) is 5.75 Å². The van der Waals surface area contributed by atoms with Crippen molar-refractivity contribution in [2.75, 3.05) is 5.73 Å². The Labute approximate surface area is 131 Å². The van der Waals surface area contributed by atoms with Crippen LogP contribution in [0.2, 0.25) is 10.0 Å². The fourth-order valence-corrected chi connectivity index (χ4v) is 1.89. The number of aromatic amines is 1. The summed E-state index contributed by atoms with van der Waals surface area (Å²) in [5.74, 6) is -0.477. The van der Waals surface area contributed by atoms with Gasteiger partial charge in [0.2, 0.25) is 5.95 Å². The van der Waals surface area contributed by atoms with E-state index in [1.165, 1.54) is 18.2 Å². The zero-order valence-electron chi connectivity index (χ0n) is 10.7. The number of benzene rings is 1. The van der Waals surface area contributed by atoms with E-state index in [0.717, 1.165) is 0 Å². The highest BCUT2D eigenvalue weighted by Gasteiger charge is 2.37. The minimum absolute atomic E-state index is 0.152. The van der Waals surface area contributed by atoms with Crippen LogP contribution >= 0.6 is 23.2 Å². The molecular formula is C12H8Cl2F3N3O2. The van der Waals surface area contributed by atoms with E-state index < -0.39 is 35.5 Å². The summed E-state index contributed by atoms with van der Waals surface area (Å²) in [6.07, 6.45) is -4.83. The van der Waals surface area contributed by atoms with Crippen molar-refractivity contribution in [1.29, 1.82) is 0 Å². The maximum Gasteiger partial charge on any atom is 0.434 e. The minimum atomic E-state index is -4.83. The van der Waals surface area contributed by atoms with Crippen LogP contribution in [-0.2, 0) is 12.8 Å². The summed E-state index contributed by atoms with van der Waals surface area (Å²) in [6, 6.07) is 4.13. The number of aromatic nitrogens is 2. The van der Waals surface area contributed by atoms with Crippen LogP contribution in [0, 0.1) is 0 Å². The second kappa shape index (κ2) is 6.05. The largest absolute Gasteiger partial charge is 0.489 e. The first-order chi connectivity index (χ1) is 10.2. The lowest BCUT2D eigenvalue weighted by Crippen LogP contribution is -2.25. The predicted molar refractivity (Wildman–Crippen MR) is 75.1 cm³/mol. The molecule has 0 aliphatic carbocycles. The minimum Gasteiger partial charge on any atom is -0.489 e. The number of halogens is 5. The fourth-order valence-electron chi connectivity index (χ4n) is 1.61. The molecule has 0 fully saturated rings. The standard InChI is InChI=1S/C12H8Cl2F3N3O2/c13-7-2-1-5(3-8(7)14)22-4-6-9(12(15,16)17)19-11(18)20-10(6)21/h1-3H,4H2,(H3,18,19,20,21). The van der Waals surface area contributed by atoms with Crippen LogP contribution in [0.15, 0.2) is 23.0 Å². The molecule has 118 valence electrons. The van der Waals surface area contributed by atoms with Gasteiger partial charge in [0, 0.05) is 6.07 Å². The number of rotatable bonds is 3. The normalized spacial score (nSPS) is 11.5. The maximum absolute atomic E-state index is 12.9. The Morgan fingerprint density at radius 3 is 2.55 bits per heavy atom. The number of ether oxygens (including phenoxy) is 1. The predicted octanol–water partition coefficient (Wildman–Crippen LogP) is 3.26. The van der Waals surface area contributed by atoms with Crippen molar-refractivity contribution >= 4 is 29.2 Å². The number of alkyl halides is 3. The summed E-state index contributed by atoms with van der Waals surface area (Å²) < 4.78 is 43.8. The van der Waals surface area contributed by atoms with Gasteiger partial charge in [-0.2, -0.15) is 13.2 Å².